The molecule has 0 radical (unpaired) electrons. The molecular formula is C22H18N2O6. The molecule has 8 heteroatoms. The summed E-state index contributed by atoms with van der Waals surface area (Å²) in [5.74, 6) is -1.03. The molecule has 0 amide bonds. The van der Waals surface area contributed by atoms with Gasteiger partial charge >= 0.3 is 5.97 Å². The van der Waals surface area contributed by atoms with Crippen LogP contribution in [0, 0.1) is 0 Å². The second-order valence-electron chi connectivity index (χ2n) is 6.20. The zero-order valence-electron chi connectivity index (χ0n) is 15.9. The number of carbonyl (C=O) groups is 1. The number of ether oxygens (including phenoxy) is 1. The van der Waals surface area contributed by atoms with Crippen LogP contribution in [-0.4, -0.2) is 45.9 Å². The summed E-state index contributed by atoms with van der Waals surface area (Å²) in [5.41, 5.74) is 1.66. The maximum atomic E-state index is 11.9. The number of hydrogen-bond donors (Lipinski definition) is 4. The SMILES string of the molecule is COC(=O)c1ccc(N=Cc2ccc(O)cc2O)c(N=Cc2ccc(O)cc2O)c1. The number of aromatic hydroxyl groups is 4. The Kier molecular flexibility index (Phi) is 5.97. The second-order valence-corrected chi connectivity index (χ2v) is 6.20. The Morgan fingerprint density at radius 3 is 1.80 bits per heavy atom. The summed E-state index contributed by atoms with van der Waals surface area (Å²) >= 11 is 0. The van der Waals surface area contributed by atoms with Gasteiger partial charge in [0, 0.05) is 35.7 Å². The average Bonchev–Trinajstić information content (AvgIpc) is 2.72. The van der Waals surface area contributed by atoms with Crippen molar-refractivity contribution in [2.75, 3.05) is 7.11 Å². The zero-order chi connectivity index (χ0) is 21.7. The van der Waals surface area contributed by atoms with Gasteiger partial charge in [0.25, 0.3) is 0 Å². The third-order valence-electron chi connectivity index (χ3n) is 4.11. The summed E-state index contributed by atoms with van der Waals surface area (Å²) in [5, 5.41) is 38.6. The van der Waals surface area contributed by atoms with Gasteiger partial charge in [-0.25, -0.2) is 4.79 Å². The van der Waals surface area contributed by atoms with Crippen molar-refractivity contribution in [1.29, 1.82) is 0 Å². The van der Waals surface area contributed by atoms with Crippen LogP contribution in [0.25, 0.3) is 0 Å². The molecule has 8 nitrogen and oxygen atoms in total. The lowest BCUT2D eigenvalue weighted by molar-refractivity contribution is 0.0601. The first kappa shape index (κ1) is 20.4. The van der Waals surface area contributed by atoms with E-state index < -0.39 is 5.97 Å². The molecule has 0 atom stereocenters. The first-order valence-corrected chi connectivity index (χ1v) is 8.72. The van der Waals surface area contributed by atoms with Crippen LogP contribution < -0.4 is 0 Å². The molecule has 0 spiro atoms. The molecule has 0 aromatic heterocycles. The van der Waals surface area contributed by atoms with Crippen molar-refractivity contribution in [2.24, 2.45) is 9.98 Å². The predicted molar refractivity (Wildman–Crippen MR) is 112 cm³/mol. The highest BCUT2D eigenvalue weighted by Crippen LogP contribution is 2.31. The van der Waals surface area contributed by atoms with E-state index in [2.05, 4.69) is 9.98 Å². The Morgan fingerprint density at radius 2 is 1.30 bits per heavy atom. The average molecular weight is 406 g/mol. The molecule has 152 valence electrons. The number of aliphatic imine (C=N–C) groups is 2. The van der Waals surface area contributed by atoms with Crippen LogP contribution >= 0.6 is 0 Å². The minimum atomic E-state index is -0.550. The van der Waals surface area contributed by atoms with Crippen LogP contribution in [-0.2, 0) is 4.74 Å². The van der Waals surface area contributed by atoms with Crippen molar-refractivity contribution in [1.82, 2.24) is 0 Å². The Bertz CT molecular complexity index is 1150. The standard InChI is InChI=1S/C22H18N2O6/c1-30-22(29)13-4-7-18(23-11-14-2-5-16(25)9-20(14)27)19(8-13)24-12-15-3-6-17(26)10-21(15)28/h2-12,25-28H,1H3. The van der Waals surface area contributed by atoms with E-state index in [1.807, 2.05) is 0 Å². The molecule has 0 heterocycles. The van der Waals surface area contributed by atoms with Crippen molar-refractivity contribution < 1.29 is 30.0 Å². The molecule has 0 saturated heterocycles. The molecule has 0 aliphatic heterocycles. The van der Waals surface area contributed by atoms with Crippen molar-refractivity contribution in [2.45, 2.75) is 0 Å². The smallest absolute Gasteiger partial charge is 0.337 e. The molecule has 4 N–H and O–H groups in total. The lowest BCUT2D eigenvalue weighted by Gasteiger charge is -2.05. The van der Waals surface area contributed by atoms with Crippen LogP contribution in [0.1, 0.15) is 21.5 Å². The zero-order valence-corrected chi connectivity index (χ0v) is 15.9. The van der Waals surface area contributed by atoms with E-state index in [1.165, 1.54) is 68.1 Å². The number of hydrogen-bond acceptors (Lipinski definition) is 8. The minimum absolute atomic E-state index is 0.0777. The van der Waals surface area contributed by atoms with Gasteiger partial charge in [0.15, 0.2) is 0 Å². The molecule has 0 unspecified atom stereocenters. The maximum Gasteiger partial charge on any atom is 0.337 e. The fourth-order valence-electron chi connectivity index (χ4n) is 2.54. The van der Waals surface area contributed by atoms with Gasteiger partial charge in [-0.15, -0.1) is 0 Å². The molecule has 0 saturated carbocycles. The number of carbonyl (C=O) groups excluding carboxylic acids is 1. The molecule has 0 fully saturated rings. The van der Waals surface area contributed by atoms with Gasteiger partial charge in [-0.2, -0.15) is 0 Å². The number of methoxy groups -OCH3 is 1. The largest absolute Gasteiger partial charge is 0.508 e. The lowest BCUT2D eigenvalue weighted by Crippen LogP contribution is -2.00. The predicted octanol–water partition coefficient (Wildman–Crippen LogP) is 3.80. The molecule has 30 heavy (non-hydrogen) atoms. The highest BCUT2D eigenvalue weighted by molar-refractivity contribution is 5.94. The Hall–Kier alpha value is -4.33. The van der Waals surface area contributed by atoms with Crippen LogP contribution in [0.4, 0.5) is 11.4 Å². The second kappa shape index (κ2) is 8.78. The van der Waals surface area contributed by atoms with Gasteiger partial charge in [0.1, 0.15) is 23.0 Å². The molecule has 3 aromatic carbocycles. The number of esters is 1. The van der Waals surface area contributed by atoms with E-state index in [0.29, 0.717) is 22.5 Å². The quantitative estimate of drug-likeness (QED) is 0.376. The summed E-state index contributed by atoms with van der Waals surface area (Å²) in [6, 6.07) is 12.7. The Morgan fingerprint density at radius 1 is 0.767 bits per heavy atom. The number of phenolic OH excluding ortho intramolecular Hbond substituents is 4. The topological polar surface area (TPSA) is 132 Å². The molecular weight excluding hydrogens is 388 g/mol. The molecule has 0 aliphatic rings. The summed E-state index contributed by atoms with van der Waals surface area (Å²) in [6.07, 6.45) is 2.75. The number of nitrogens with zero attached hydrogens (tertiary/aromatic N) is 2. The van der Waals surface area contributed by atoms with Crippen molar-refractivity contribution in [3.63, 3.8) is 0 Å². The van der Waals surface area contributed by atoms with E-state index in [1.54, 1.807) is 6.07 Å². The van der Waals surface area contributed by atoms with E-state index >= 15 is 0 Å². The van der Waals surface area contributed by atoms with Crippen LogP contribution in [0.2, 0.25) is 0 Å². The van der Waals surface area contributed by atoms with Crippen molar-refractivity contribution in [3.8, 4) is 23.0 Å². The highest BCUT2D eigenvalue weighted by atomic mass is 16.5. The number of benzene rings is 3. The Balaban J connectivity index is 2.00. The van der Waals surface area contributed by atoms with Crippen molar-refractivity contribution in [3.05, 3.63) is 71.3 Å². The van der Waals surface area contributed by atoms with E-state index in [9.17, 15) is 25.2 Å². The number of rotatable bonds is 5. The first-order chi connectivity index (χ1) is 14.4. The molecule has 3 rings (SSSR count). The van der Waals surface area contributed by atoms with E-state index in [0.717, 1.165) is 0 Å². The monoisotopic (exact) mass is 406 g/mol. The van der Waals surface area contributed by atoms with Gasteiger partial charge in [-0.3, -0.25) is 9.98 Å². The fraction of sp³-hybridized carbons (Fsp3) is 0.0455. The summed E-state index contributed by atoms with van der Waals surface area (Å²) in [7, 11) is 1.26. The molecule has 3 aromatic rings. The summed E-state index contributed by atoms with van der Waals surface area (Å²) in [4.78, 5) is 20.5. The third-order valence-corrected chi connectivity index (χ3v) is 4.11. The minimum Gasteiger partial charge on any atom is -0.508 e. The number of phenols is 4. The van der Waals surface area contributed by atoms with E-state index in [4.69, 9.17) is 4.74 Å². The normalized spacial score (nSPS) is 11.2. The van der Waals surface area contributed by atoms with Crippen LogP contribution in [0.5, 0.6) is 23.0 Å². The van der Waals surface area contributed by atoms with Gasteiger partial charge in [0.05, 0.1) is 24.0 Å². The molecule has 0 bridgehead atoms. The Labute approximate surface area is 171 Å². The van der Waals surface area contributed by atoms with Gasteiger partial charge in [-0.1, -0.05) is 0 Å². The fourth-order valence-corrected chi connectivity index (χ4v) is 2.54. The third kappa shape index (κ3) is 4.74. The maximum absolute atomic E-state index is 11.9. The lowest BCUT2D eigenvalue weighted by atomic mass is 10.1. The highest BCUT2D eigenvalue weighted by Gasteiger charge is 2.10. The first-order valence-electron chi connectivity index (χ1n) is 8.72. The van der Waals surface area contributed by atoms with Crippen LogP contribution in [0.3, 0.4) is 0 Å². The van der Waals surface area contributed by atoms with Crippen LogP contribution in [0.15, 0.2) is 64.6 Å². The summed E-state index contributed by atoms with van der Waals surface area (Å²) in [6.45, 7) is 0. The van der Waals surface area contributed by atoms with E-state index in [-0.39, 0.29) is 28.6 Å². The van der Waals surface area contributed by atoms with Gasteiger partial charge in [0.2, 0.25) is 0 Å². The van der Waals surface area contributed by atoms with Crippen molar-refractivity contribution >= 4 is 29.8 Å². The van der Waals surface area contributed by atoms with Gasteiger partial charge < -0.3 is 25.2 Å². The summed E-state index contributed by atoms with van der Waals surface area (Å²) < 4.78 is 4.73. The van der Waals surface area contributed by atoms with Gasteiger partial charge in [-0.05, 0) is 42.5 Å². The molecule has 0 aliphatic carbocycles.